The molecule has 180 valence electrons. The number of nitrogen functional groups attached to an aromatic ring is 1. The second-order valence-electron chi connectivity index (χ2n) is 8.21. The van der Waals surface area contributed by atoms with Crippen molar-refractivity contribution >= 4 is 54.7 Å². The van der Waals surface area contributed by atoms with E-state index < -0.39 is 11.6 Å². The van der Waals surface area contributed by atoms with Gasteiger partial charge in [-0.25, -0.2) is 8.78 Å². The van der Waals surface area contributed by atoms with Crippen LogP contribution in [0.15, 0.2) is 18.2 Å². The normalized spacial score (nSPS) is 16.5. The topological polar surface area (TPSA) is 97.3 Å². The molecule has 1 fully saturated rings. The molecular weight excluding hydrogens is 496 g/mol. The lowest BCUT2D eigenvalue weighted by Crippen LogP contribution is -2.31. The van der Waals surface area contributed by atoms with E-state index in [0.717, 1.165) is 17.8 Å². The fourth-order valence-corrected chi connectivity index (χ4v) is 5.68. The van der Waals surface area contributed by atoms with Crippen LogP contribution in [0.25, 0.3) is 32.1 Å². The van der Waals surface area contributed by atoms with Gasteiger partial charge in [-0.3, -0.25) is 0 Å². The van der Waals surface area contributed by atoms with Gasteiger partial charge in [-0.15, -0.1) is 11.3 Å². The van der Waals surface area contributed by atoms with Gasteiger partial charge in [-0.2, -0.15) is 15.2 Å². The van der Waals surface area contributed by atoms with E-state index in [1.807, 2.05) is 17.9 Å². The maximum absolute atomic E-state index is 16.2. The molecule has 3 heterocycles. The summed E-state index contributed by atoms with van der Waals surface area (Å²) in [5.41, 5.74) is 6.30. The molecule has 1 saturated heterocycles. The van der Waals surface area contributed by atoms with Gasteiger partial charge >= 0.3 is 6.01 Å². The minimum atomic E-state index is -0.727. The molecule has 4 aromatic rings. The number of halogens is 3. The van der Waals surface area contributed by atoms with Gasteiger partial charge in [0.2, 0.25) is 0 Å². The predicted molar refractivity (Wildman–Crippen MR) is 133 cm³/mol. The van der Waals surface area contributed by atoms with E-state index in [1.165, 1.54) is 19.2 Å². The smallest absolute Gasteiger partial charge is 0.318 e. The highest BCUT2D eigenvalue weighted by Crippen LogP contribution is 2.45. The lowest BCUT2D eigenvalue weighted by atomic mass is 9.97. The predicted octanol–water partition coefficient (Wildman–Crippen LogP) is 5.52. The number of rotatable bonds is 3. The Labute approximate surface area is 208 Å². The number of anilines is 2. The highest BCUT2D eigenvalue weighted by molar-refractivity contribution is 7.23. The van der Waals surface area contributed by atoms with Crippen LogP contribution in [0.3, 0.4) is 0 Å². The zero-order valence-corrected chi connectivity index (χ0v) is 20.4. The van der Waals surface area contributed by atoms with Gasteiger partial charge in [0.1, 0.15) is 28.2 Å². The highest BCUT2D eigenvalue weighted by atomic mass is 35.5. The van der Waals surface area contributed by atoms with Crippen LogP contribution >= 0.6 is 22.9 Å². The van der Waals surface area contributed by atoms with Crippen molar-refractivity contribution < 1.29 is 18.3 Å². The van der Waals surface area contributed by atoms with Gasteiger partial charge < -0.3 is 20.1 Å². The van der Waals surface area contributed by atoms with Crippen LogP contribution in [0.1, 0.15) is 18.9 Å². The molecule has 2 aromatic carbocycles. The first-order chi connectivity index (χ1) is 16.8. The van der Waals surface area contributed by atoms with Crippen LogP contribution in [-0.4, -0.2) is 42.9 Å². The Balaban J connectivity index is 1.81. The molecule has 0 amide bonds. The van der Waals surface area contributed by atoms with Crippen molar-refractivity contribution in [2.75, 3.05) is 37.4 Å². The summed E-state index contributed by atoms with van der Waals surface area (Å²) in [6.07, 6.45) is 0.727. The van der Waals surface area contributed by atoms with Crippen molar-refractivity contribution in [2.24, 2.45) is 0 Å². The largest absolute Gasteiger partial charge is 0.467 e. The Morgan fingerprint density at radius 1 is 1.34 bits per heavy atom. The molecule has 1 unspecified atom stereocenters. The number of aromatic nitrogens is 2. The molecule has 1 aliphatic rings. The Hall–Kier alpha value is -3.26. The first kappa shape index (κ1) is 23.5. The summed E-state index contributed by atoms with van der Waals surface area (Å²) in [5.74, 6) is -0.795. The SMILES string of the molecule is COc1nc(N2CCCOC(C)C2)c2cc(Cl)c(-c3ccc(F)c4sc(N)c(C#N)c34)c(F)c2n1. The second-order valence-corrected chi connectivity index (χ2v) is 9.67. The van der Waals surface area contributed by atoms with E-state index in [-0.39, 0.29) is 54.4 Å². The van der Waals surface area contributed by atoms with E-state index in [0.29, 0.717) is 30.9 Å². The molecule has 1 aliphatic heterocycles. The van der Waals surface area contributed by atoms with Crippen molar-refractivity contribution in [2.45, 2.75) is 19.4 Å². The van der Waals surface area contributed by atoms with Crippen molar-refractivity contribution in [1.82, 2.24) is 9.97 Å². The first-order valence-electron chi connectivity index (χ1n) is 10.8. The number of ether oxygens (including phenoxy) is 2. The minimum absolute atomic E-state index is 0.000708. The molecule has 5 rings (SSSR count). The van der Waals surface area contributed by atoms with Crippen molar-refractivity contribution in [3.8, 4) is 23.2 Å². The van der Waals surface area contributed by atoms with E-state index in [2.05, 4.69) is 9.97 Å². The zero-order valence-electron chi connectivity index (χ0n) is 18.9. The summed E-state index contributed by atoms with van der Waals surface area (Å²) in [7, 11) is 1.41. The fraction of sp³-hybridized carbons (Fsp3) is 0.292. The molecule has 2 N–H and O–H groups in total. The lowest BCUT2D eigenvalue weighted by Gasteiger charge is -2.25. The number of hydrogen-bond acceptors (Lipinski definition) is 8. The summed E-state index contributed by atoms with van der Waals surface area (Å²) in [5, 5.41) is 10.5. The van der Waals surface area contributed by atoms with E-state index >= 15 is 4.39 Å². The van der Waals surface area contributed by atoms with Crippen LogP contribution < -0.4 is 15.4 Å². The maximum atomic E-state index is 16.2. The minimum Gasteiger partial charge on any atom is -0.467 e. The summed E-state index contributed by atoms with van der Waals surface area (Å²) < 4.78 is 42.0. The molecule has 0 spiro atoms. The molecular formula is C24H20ClF2N5O2S. The number of nitrogens with two attached hydrogens (primary N) is 1. The third-order valence-electron chi connectivity index (χ3n) is 5.98. The van der Waals surface area contributed by atoms with E-state index in [1.54, 1.807) is 6.07 Å². The molecule has 2 aromatic heterocycles. The molecule has 0 aliphatic carbocycles. The van der Waals surface area contributed by atoms with Crippen molar-refractivity contribution in [3.63, 3.8) is 0 Å². The number of benzene rings is 2. The Kier molecular flexibility index (Phi) is 6.09. The van der Waals surface area contributed by atoms with Crippen molar-refractivity contribution in [3.05, 3.63) is 40.4 Å². The number of fused-ring (bicyclic) bond motifs is 2. The van der Waals surface area contributed by atoms with Crippen LogP contribution in [0.4, 0.5) is 19.6 Å². The molecule has 1 atom stereocenters. The number of nitriles is 1. The van der Waals surface area contributed by atoms with Crippen LogP contribution in [0.2, 0.25) is 5.02 Å². The summed E-state index contributed by atoms with van der Waals surface area (Å²) >= 11 is 7.59. The third kappa shape index (κ3) is 3.89. The molecule has 0 saturated carbocycles. The quantitative estimate of drug-likeness (QED) is 0.383. The lowest BCUT2D eigenvalue weighted by molar-refractivity contribution is 0.0820. The number of methoxy groups -OCH3 is 1. The van der Waals surface area contributed by atoms with Crippen LogP contribution in [0, 0.1) is 23.0 Å². The van der Waals surface area contributed by atoms with Crippen LogP contribution in [-0.2, 0) is 4.74 Å². The van der Waals surface area contributed by atoms with Gasteiger partial charge in [0.25, 0.3) is 0 Å². The van der Waals surface area contributed by atoms with Gasteiger partial charge in [0, 0.05) is 36.0 Å². The van der Waals surface area contributed by atoms with Gasteiger partial charge in [0.05, 0.1) is 28.5 Å². The maximum Gasteiger partial charge on any atom is 0.318 e. The summed E-state index contributed by atoms with van der Waals surface area (Å²) in [6.45, 7) is 3.78. The summed E-state index contributed by atoms with van der Waals surface area (Å²) in [4.78, 5) is 10.8. The third-order valence-corrected chi connectivity index (χ3v) is 7.30. The monoisotopic (exact) mass is 515 g/mol. The molecule has 0 radical (unpaired) electrons. The number of nitrogens with zero attached hydrogens (tertiary/aromatic N) is 4. The van der Waals surface area contributed by atoms with E-state index in [9.17, 15) is 9.65 Å². The molecule has 0 bridgehead atoms. The van der Waals surface area contributed by atoms with E-state index in [4.69, 9.17) is 26.8 Å². The first-order valence-corrected chi connectivity index (χ1v) is 12.0. The number of hydrogen-bond donors (Lipinski definition) is 1. The Morgan fingerprint density at radius 2 is 2.14 bits per heavy atom. The zero-order chi connectivity index (χ0) is 24.9. The van der Waals surface area contributed by atoms with Crippen LogP contribution in [0.5, 0.6) is 6.01 Å². The molecule has 7 nitrogen and oxygen atoms in total. The Bertz CT molecular complexity index is 1520. The number of thiophene rings is 1. The van der Waals surface area contributed by atoms with Gasteiger partial charge in [-0.05, 0) is 31.0 Å². The average Bonchev–Trinajstić information content (AvgIpc) is 3.03. The highest BCUT2D eigenvalue weighted by Gasteiger charge is 2.27. The Morgan fingerprint density at radius 3 is 2.89 bits per heavy atom. The summed E-state index contributed by atoms with van der Waals surface area (Å²) in [6, 6.07) is 6.20. The fourth-order valence-electron chi connectivity index (χ4n) is 4.43. The molecule has 11 heteroatoms. The average molecular weight is 516 g/mol. The standard InChI is InChI=1S/C24H20ClF2N5O2S/c1-11-10-32(6-3-7-34-11)23-13-8-15(25)18(19(27)20(13)30-24(31-23)33-2)12-4-5-16(26)21-17(12)14(9-28)22(29)35-21/h4-5,8,11H,3,6-7,10,29H2,1-2H3. The molecule has 35 heavy (non-hydrogen) atoms. The van der Waals surface area contributed by atoms with Gasteiger partial charge in [0.15, 0.2) is 5.82 Å². The van der Waals surface area contributed by atoms with Crippen molar-refractivity contribution in [1.29, 1.82) is 5.26 Å². The second kappa shape index (κ2) is 9.07. The van der Waals surface area contributed by atoms with Gasteiger partial charge in [-0.1, -0.05) is 17.7 Å².